The Morgan fingerprint density at radius 1 is 0.463 bits per heavy atom. The largest absolute Gasteiger partial charge is 0.458 e. The van der Waals surface area contributed by atoms with E-state index < -0.39 is 0 Å². The second kappa shape index (κ2) is 16.6. The van der Waals surface area contributed by atoms with Gasteiger partial charge in [0.1, 0.15) is 17.3 Å². The lowest BCUT2D eigenvalue weighted by atomic mass is 9.78. The van der Waals surface area contributed by atoms with Gasteiger partial charge in [-0.1, -0.05) is 163 Å². The van der Waals surface area contributed by atoms with Gasteiger partial charge in [0.05, 0.1) is 22.4 Å². The first kappa shape index (κ1) is 45.4. The SMILES string of the molecule is CC(C)(C)c1cc(-[n+]2[c-]n(-c3cc(Oc4ccc5c6cc(C(C)(C)c7ccccc7)ccc6n(-c6cc(C(C)(C)C)ccn6)c5c4)cc(C(C)(C)c4ccccc4)c3)cc2)cc(C(C)(C)C)c1. The average Bonchev–Trinajstić information content (AvgIpc) is 3.92. The van der Waals surface area contributed by atoms with E-state index in [0.29, 0.717) is 0 Å². The number of fused-ring (bicyclic) bond motifs is 3. The van der Waals surface area contributed by atoms with E-state index in [1.807, 2.05) is 6.20 Å². The molecule has 9 rings (SSSR count). The van der Waals surface area contributed by atoms with Crippen LogP contribution < -0.4 is 9.30 Å². The molecule has 0 saturated heterocycles. The molecular formula is C62H66N4O. The Kier molecular flexibility index (Phi) is 11.2. The monoisotopic (exact) mass is 883 g/mol. The van der Waals surface area contributed by atoms with Gasteiger partial charge < -0.3 is 4.74 Å². The van der Waals surface area contributed by atoms with Gasteiger partial charge in [0, 0.05) is 46.3 Å². The molecule has 0 saturated carbocycles. The van der Waals surface area contributed by atoms with Gasteiger partial charge in [-0.15, -0.1) is 0 Å². The molecule has 0 aliphatic rings. The van der Waals surface area contributed by atoms with E-state index in [-0.39, 0.29) is 27.1 Å². The number of pyridine rings is 1. The number of hydrogen-bond acceptors (Lipinski definition) is 2. The molecule has 340 valence electrons. The highest BCUT2D eigenvalue weighted by Gasteiger charge is 2.28. The maximum absolute atomic E-state index is 7.05. The lowest BCUT2D eigenvalue weighted by molar-refractivity contribution is -0.599. The predicted molar refractivity (Wildman–Crippen MR) is 278 cm³/mol. The number of rotatable bonds is 9. The number of aromatic nitrogens is 4. The first-order valence-electron chi connectivity index (χ1n) is 23.8. The summed E-state index contributed by atoms with van der Waals surface area (Å²) in [5, 5.41) is 2.33. The molecule has 5 heteroatoms. The molecule has 5 nitrogen and oxygen atoms in total. The van der Waals surface area contributed by atoms with Gasteiger partial charge in [-0.25, -0.2) is 4.98 Å². The lowest BCUT2D eigenvalue weighted by Crippen LogP contribution is -2.30. The summed E-state index contributed by atoms with van der Waals surface area (Å²) >= 11 is 0. The zero-order valence-electron chi connectivity index (χ0n) is 41.8. The van der Waals surface area contributed by atoms with E-state index in [2.05, 4.69) is 268 Å². The van der Waals surface area contributed by atoms with Crippen molar-refractivity contribution in [3.8, 4) is 28.7 Å². The number of imidazole rings is 1. The molecule has 0 atom stereocenters. The Morgan fingerprint density at radius 2 is 1.07 bits per heavy atom. The van der Waals surface area contributed by atoms with E-state index in [1.54, 1.807) is 0 Å². The van der Waals surface area contributed by atoms with Crippen LogP contribution >= 0.6 is 0 Å². The summed E-state index contributed by atoms with van der Waals surface area (Å²) in [7, 11) is 0. The normalized spacial score (nSPS) is 12.9. The quantitative estimate of drug-likeness (QED) is 0.107. The van der Waals surface area contributed by atoms with Gasteiger partial charge in [0.15, 0.2) is 0 Å². The van der Waals surface area contributed by atoms with Crippen LogP contribution in [0.5, 0.6) is 11.5 Å². The molecule has 0 N–H and O–H groups in total. The molecule has 3 aromatic heterocycles. The minimum Gasteiger partial charge on any atom is -0.458 e. The lowest BCUT2D eigenvalue weighted by Gasteiger charge is -2.27. The van der Waals surface area contributed by atoms with E-state index in [0.717, 1.165) is 50.7 Å². The van der Waals surface area contributed by atoms with Crippen LogP contribution in [0.15, 0.2) is 164 Å². The second-order valence-electron chi connectivity index (χ2n) is 22.6. The average molecular weight is 883 g/mol. The molecule has 67 heavy (non-hydrogen) atoms. The Bertz CT molecular complexity index is 3220. The van der Waals surface area contributed by atoms with Gasteiger partial charge in [-0.2, -0.15) is 0 Å². The standard InChI is InChI=1S/C62H66N4O/c1-58(2,3)44-28-29-63-57(38-44)66-55-27-24-45(61(10,11)42-20-16-14-17-21-42)37-54(55)53-26-25-51(40-56(53)66)67-52-36-48(62(12,13)43-22-18-15-19-23-43)35-50(39-52)65-31-30-64(41-65)49-33-46(59(4,5)6)32-47(34-49)60(7,8)9/h14-40H,1-13H3. The molecular weight excluding hydrogens is 817 g/mol. The fourth-order valence-corrected chi connectivity index (χ4v) is 9.25. The van der Waals surface area contributed by atoms with Gasteiger partial charge in [-0.05, 0) is 122 Å². The topological polar surface area (TPSA) is 35.9 Å². The number of ether oxygens (including phenoxy) is 1. The van der Waals surface area contributed by atoms with Crippen molar-refractivity contribution in [2.24, 2.45) is 0 Å². The van der Waals surface area contributed by atoms with Crippen molar-refractivity contribution >= 4 is 21.8 Å². The summed E-state index contributed by atoms with van der Waals surface area (Å²) in [6, 6.07) is 52.9. The molecule has 0 unspecified atom stereocenters. The summed E-state index contributed by atoms with van der Waals surface area (Å²) in [6.45, 7) is 29.6. The van der Waals surface area contributed by atoms with E-state index in [9.17, 15) is 0 Å². The first-order valence-corrected chi connectivity index (χ1v) is 23.8. The highest BCUT2D eigenvalue weighted by molar-refractivity contribution is 6.10. The van der Waals surface area contributed by atoms with Crippen molar-refractivity contribution in [2.75, 3.05) is 0 Å². The third-order valence-electron chi connectivity index (χ3n) is 13.9. The van der Waals surface area contributed by atoms with Crippen molar-refractivity contribution in [1.29, 1.82) is 0 Å². The Labute approximate surface area is 398 Å². The first-order chi connectivity index (χ1) is 31.6. The summed E-state index contributed by atoms with van der Waals surface area (Å²) in [5.74, 6) is 2.37. The van der Waals surface area contributed by atoms with Crippen LogP contribution in [0.3, 0.4) is 0 Å². The Morgan fingerprint density at radius 3 is 1.69 bits per heavy atom. The van der Waals surface area contributed by atoms with Crippen LogP contribution in [0.1, 0.15) is 129 Å². The smallest absolute Gasteiger partial charge is 0.268 e. The zero-order valence-corrected chi connectivity index (χ0v) is 41.8. The van der Waals surface area contributed by atoms with Crippen LogP contribution in [-0.2, 0) is 27.1 Å². The van der Waals surface area contributed by atoms with Crippen molar-refractivity contribution in [3.63, 3.8) is 0 Å². The third-order valence-corrected chi connectivity index (χ3v) is 13.9. The van der Waals surface area contributed by atoms with Crippen molar-refractivity contribution in [3.05, 3.63) is 209 Å². The highest BCUT2D eigenvalue weighted by Crippen LogP contribution is 2.41. The molecule has 0 aliphatic carbocycles. The summed E-state index contributed by atoms with van der Waals surface area (Å²) in [5.41, 5.74) is 12.3. The van der Waals surface area contributed by atoms with Gasteiger partial charge in [0.25, 0.3) is 6.33 Å². The molecule has 9 aromatic rings. The molecule has 0 aliphatic heterocycles. The Hall–Kier alpha value is -6.72. The molecule has 6 aromatic carbocycles. The van der Waals surface area contributed by atoms with Gasteiger partial charge in [0.2, 0.25) is 0 Å². The van der Waals surface area contributed by atoms with Gasteiger partial charge in [-0.3, -0.25) is 13.7 Å². The van der Waals surface area contributed by atoms with Gasteiger partial charge >= 0.3 is 0 Å². The molecule has 0 fully saturated rings. The van der Waals surface area contributed by atoms with E-state index in [4.69, 9.17) is 9.72 Å². The van der Waals surface area contributed by atoms with Crippen molar-refractivity contribution in [2.45, 2.75) is 117 Å². The molecule has 0 bridgehead atoms. The maximum Gasteiger partial charge on any atom is 0.268 e. The minimum absolute atomic E-state index is 0.00466. The Balaban J connectivity index is 1.19. The minimum atomic E-state index is -0.327. The number of hydrogen-bond donors (Lipinski definition) is 0. The summed E-state index contributed by atoms with van der Waals surface area (Å²) in [4.78, 5) is 5.01. The van der Waals surface area contributed by atoms with Crippen LogP contribution in [0.2, 0.25) is 0 Å². The van der Waals surface area contributed by atoms with Crippen molar-refractivity contribution < 1.29 is 9.30 Å². The molecule has 3 heterocycles. The van der Waals surface area contributed by atoms with Crippen LogP contribution in [0, 0.1) is 6.33 Å². The summed E-state index contributed by atoms with van der Waals surface area (Å²) < 4.78 is 13.6. The fourth-order valence-electron chi connectivity index (χ4n) is 9.25. The van der Waals surface area contributed by atoms with Crippen LogP contribution in [-0.4, -0.2) is 14.1 Å². The number of nitrogens with zero attached hydrogens (tertiary/aromatic N) is 4. The predicted octanol–water partition coefficient (Wildman–Crippen LogP) is 15.4. The van der Waals surface area contributed by atoms with E-state index in [1.165, 1.54) is 38.8 Å². The fraction of sp³-hybridized carbons (Fsp3) is 0.290. The zero-order chi connectivity index (χ0) is 47.7. The molecule has 0 amide bonds. The van der Waals surface area contributed by atoms with Crippen molar-refractivity contribution in [1.82, 2.24) is 14.1 Å². The van der Waals surface area contributed by atoms with E-state index >= 15 is 0 Å². The van der Waals surface area contributed by atoms with Crippen LogP contribution in [0.25, 0.3) is 39.0 Å². The molecule has 0 spiro atoms. The molecule has 0 radical (unpaired) electrons. The maximum atomic E-state index is 7.05. The number of benzene rings is 6. The summed E-state index contributed by atoms with van der Waals surface area (Å²) in [6.07, 6.45) is 9.82. The second-order valence-corrected chi connectivity index (χ2v) is 22.6. The van der Waals surface area contributed by atoms with Crippen LogP contribution in [0.4, 0.5) is 0 Å². The highest BCUT2D eigenvalue weighted by atomic mass is 16.5. The third kappa shape index (κ3) is 8.85.